The molecule has 3 aromatic rings. The molecule has 0 radical (unpaired) electrons. The van der Waals surface area contributed by atoms with E-state index < -0.39 is 0 Å². The molecule has 2 aromatic heterocycles. The average molecular weight is 341 g/mol. The van der Waals surface area contributed by atoms with Gasteiger partial charge in [0.2, 0.25) is 5.91 Å². The van der Waals surface area contributed by atoms with Crippen molar-refractivity contribution in [1.82, 2.24) is 20.1 Å². The molecule has 0 aliphatic heterocycles. The molecule has 0 bridgehead atoms. The summed E-state index contributed by atoms with van der Waals surface area (Å²) in [6.07, 6.45) is 3.69. The van der Waals surface area contributed by atoms with Crippen LogP contribution >= 0.6 is 11.3 Å². The molecule has 7 heteroatoms. The van der Waals surface area contributed by atoms with Crippen LogP contribution in [0.3, 0.4) is 0 Å². The van der Waals surface area contributed by atoms with Gasteiger partial charge < -0.3 is 10.6 Å². The van der Waals surface area contributed by atoms with Gasteiger partial charge in [0, 0.05) is 37.3 Å². The number of thiazole rings is 1. The Hall–Kier alpha value is -2.51. The molecule has 24 heavy (non-hydrogen) atoms. The lowest BCUT2D eigenvalue weighted by atomic mass is 10.1. The Balaban J connectivity index is 1.57. The molecule has 3 rings (SSSR count). The van der Waals surface area contributed by atoms with Gasteiger partial charge in [0.1, 0.15) is 0 Å². The van der Waals surface area contributed by atoms with Crippen LogP contribution in [0.5, 0.6) is 0 Å². The number of benzene rings is 1. The number of hydrogen-bond donors (Lipinski definition) is 2. The van der Waals surface area contributed by atoms with E-state index in [1.165, 1.54) is 23.8 Å². The maximum Gasteiger partial charge on any atom is 0.223 e. The second-order valence-corrected chi connectivity index (χ2v) is 6.33. The van der Waals surface area contributed by atoms with E-state index >= 15 is 0 Å². The van der Waals surface area contributed by atoms with Crippen molar-refractivity contribution in [3.8, 4) is 5.69 Å². The number of carbonyl (C=O) groups is 1. The second kappa shape index (κ2) is 7.37. The molecule has 0 fully saturated rings. The minimum atomic E-state index is -0.102. The van der Waals surface area contributed by atoms with Crippen LogP contribution < -0.4 is 10.6 Å². The fourth-order valence-electron chi connectivity index (χ4n) is 2.31. The van der Waals surface area contributed by atoms with Crippen molar-refractivity contribution in [3.05, 3.63) is 59.4 Å². The van der Waals surface area contributed by atoms with Gasteiger partial charge in [0.15, 0.2) is 5.13 Å². The summed E-state index contributed by atoms with van der Waals surface area (Å²) >= 11 is 1.43. The van der Waals surface area contributed by atoms with Crippen LogP contribution in [0.2, 0.25) is 0 Å². The van der Waals surface area contributed by atoms with Gasteiger partial charge in [0.25, 0.3) is 0 Å². The fraction of sp³-hybridized carbons (Fsp3) is 0.235. The SMILES string of the molecule is CC(=O)Nc1nc(CN[C@@H](C)c2ccc(-n3cccn3)cc2)cs1. The summed E-state index contributed by atoms with van der Waals surface area (Å²) in [4.78, 5) is 15.4. The summed E-state index contributed by atoms with van der Waals surface area (Å²) < 4.78 is 1.83. The molecule has 0 saturated carbocycles. The lowest BCUT2D eigenvalue weighted by molar-refractivity contribution is -0.114. The first kappa shape index (κ1) is 16.4. The normalized spacial score (nSPS) is 12.1. The van der Waals surface area contributed by atoms with Gasteiger partial charge in [-0.25, -0.2) is 9.67 Å². The van der Waals surface area contributed by atoms with Crippen molar-refractivity contribution in [2.45, 2.75) is 26.4 Å². The lowest BCUT2D eigenvalue weighted by Crippen LogP contribution is -2.18. The molecule has 0 spiro atoms. The number of nitrogens with zero attached hydrogens (tertiary/aromatic N) is 3. The first-order valence-electron chi connectivity index (χ1n) is 7.67. The maximum atomic E-state index is 11.0. The largest absolute Gasteiger partial charge is 0.305 e. The maximum absolute atomic E-state index is 11.0. The number of aromatic nitrogens is 3. The number of hydrogen-bond acceptors (Lipinski definition) is 5. The highest BCUT2D eigenvalue weighted by atomic mass is 32.1. The van der Waals surface area contributed by atoms with Crippen LogP contribution in [-0.4, -0.2) is 20.7 Å². The minimum Gasteiger partial charge on any atom is -0.305 e. The average Bonchev–Trinajstić information content (AvgIpc) is 3.24. The molecule has 6 nitrogen and oxygen atoms in total. The van der Waals surface area contributed by atoms with Gasteiger partial charge in [-0.05, 0) is 30.7 Å². The van der Waals surface area contributed by atoms with Crippen LogP contribution in [0, 0.1) is 0 Å². The predicted octanol–water partition coefficient (Wildman–Crippen LogP) is 3.14. The molecule has 2 N–H and O–H groups in total. The van der Waals surface area contributed by atoms with Gasteiger partial charge in [-0.3, -0.25) is 4.79 Å². The van der Waals surface area contributed by atoms with Gasteiger partial charge >= 0.3 is 0 Å². The Morgan fingerprint density at radius 2 is 2.12 bits per heavy atom. The van der Waals surface area contributed by atoms with E-state index in [9.17, 15) is 4.79 Å². The molecular weight excluding hydrogens is 322 g/mol. The van der Waals surface area contributed by atoms with Crippen LogP contribution in [0.15, 0.2) is 48.1 Å². The highest BCUT2D eigenvalue weighted by molar-refractivity contribution is 7.13. The summed E-state index contributed by atoms with van der Waals surface area (Å²) in [5.74, 6) is -0.102. The molecule has 0 saturated heterocycles. The third-order valence-electron chi connectivity index (χ3n) is 3.59. The monoisotopic (exact) mass is 341 g/mol. The number of rotatable bonds is 6. The minimum absolute atomic E-state index is 0.102. The van der Waals surface area contributed by atoms with E-state index in [0.717, 1.165) is 11.4 Å². The van der Waals surface area contributed by atoms with Crippen molar-refractivity contribution in [3.63, 3.8) is 0 Å². The molecular formula is C17H19N5OS. The van der Waals surface area contributed by atoms with Crippen molar-refractivity contribution >= 4 is 22.4 Å². The summed E-state index contributed by atoms with van der Waals surface area (Å²) in [5.41, 5.74) is 3.15. The smallest absolute Gasteiger partial charge is 0.223 e. The molecule has 0 aliphatic carbocycles. The van der Waals surface area contributed by atoms with Gasteiger partial charge in [-0.1, -0.05) is 12.1 Å². The summed E-state index contributed by atoms with van der Waals surface area (Å²) in [5, 5.41) is 13.0. The molecule has 2 heterocycles. The summed E-state index contributed by atoms with van der Waals surface area (Å²) in [6.45, 7) is 4.25. The number of amides is 1. The number of nitrogens with one attached hydrogen (secondary N) is 2. The third kappa shape index (κ3) is 4.06. The van der Waals surface area contributed by atoms with E-state index in [-0.39, 0.29) is 11.9 Å². The van der Waals surface area contributed by atoms with Crippen LogP contribution in [0.1, 0.15) is 31.1 Å². The fourth-order valence-corrected chi connectivity index (χ4v) is 3.07. The Labute approximate surface area is 144 Å². The van der Waals surface area contributed by atoms with Gasteiger partial charge in [-0.2, -0.15) is 5.10 Å². The van der Waals surface area contributed by atoms with E-state index in [1.54, 1.807) is 6.20 Å². The first-order valence-corrected chi connectivity index (χ1v) is 8.55. The highest BCUT2D eigenvalue weighted by Gasteiger charge is 2.08. The number of carbonyl (C=O) groups excluding carboxylic acids is 1. The highest BCUT2D eigenvalue weighted by Crippen LogP contribution is 2.18. The van der Waals surface area contributed by atoms with Gasteiger partial charge in [-0.15, -0.1) is 11.3 Å². The zero-order valence-electron chi connectivity index (χ0n) is 13.6. The zero-order chi connectivity index (χ0) is 16.9. The quantitative estimate of drug-likeness (QED) is 0.722. The Morgan fingerprint density at radius 1 is 1.33 bits per heavy atom. The first-order chi connectivity index (χ1) is 11.6. The van der Waals surface area contributed by atoms with Crippen LogP contribution in [-0.2, 0) is 11.3 Å². The van der Waals surface area contributed by atoms with Crippen LogP contribution in [0.4, 0.5) is 5.13 Å². The Bertz CT molecular complexity index is 795. The molecule has 0 unspecified atom stereocenters. The molecule has 124 valence electrons. The zero-order valence-corrected chi connectivity index (χ0v) is 14.4. The van der Waals surface area contributed by atoms with E-state index in [4.69, 9.17) is 0 Å². The predicted molar refractivity (Wildman–Crippen MR) is 95.2 cm³/mol. The Morgan fingerprint density at radius 3 is 2.79 bits per heavy atom. The summed E-state index contributed by atoms with van der Waals surface area (Å²) in [7, 11) is 0. The molecule has 1 amide bonds. The topological polar surface area (TPSA) is 71.8 Å². The standard InChI is InChI=1S/C17H19N5OS/c1-12(18-10-15-11-24-17(21-15)20-13(2)23)14-4-6-16(7-5-14)22-9-3-8-19-22/h3-9,11-12,18H,10H2,1-2H3,(H,20,21,23)/t12-/m0/s1. The lowest BCUT2D eigenvalue weighted by Gasteiger charge is -2.14. The summed E-state index contributed by atoms with van der Waals surface area (Å²) in [6, 6.07) is 10.4. The number of anilines is 1. The van der Waals surface area contributed by atoms with Crippen molar-refractivity contribution in [1.29, 1.82) is 0 Å². The third-order valence-corrected chi connectivity index (χ3v) is 4.39. The molecule has 0 aliphatic rings. The Kier molecular flexibility index (Phi) is 5.02. The van der Waals surface area contributed by atoms with Crippen molar-refractivity contribution in [2.24, 2.45) is 0 Å². The van der Waals surface area contributed by atoms with E-state index in [1.807, 2.05) is 22.3 Å². The van der Waals surface area contributed by atoms with Gasteiger partial charge in [0.05, 0.1) is 11.4 Å². The van der Waals surface area contributed by atoms with E-state index in [2.05, 4.69) is 51.9 Å². The van der Waals surface area contributed by atoms with Crippen molar-refractivity contribution < 1.29 is 4.79 Å². The van der Waals surface area contributed by atoms with E-state index in [0.29, 0.717) is 11.7 Å². The molecule has 1 atom stereocenters. The second-order valence-electron chi connectivity index (χ2n) is 5.47. The van der Waals surface area contributed by atoms with Crippen LogP contribution in [0.25, 0.3) is 5.69 Å². The van der Waals surface area contributed by atoms with Crippen molar-refractivity contribution in [2.75, 3.05) is 5.32 Å². The molecule has 1 aromatic carbocycles.